The summed E-state index contributed by atoms with van der Waals surface area (Å²) in [4.78, 5) is 23.1. The molecule has 1 N–H and O–H groups in total. The topological polar surface area (TPSA) is 64.6 Å². The number of carbonyl (C=O) groups is 2. The molecule has 1 amide bonds. The lowest BCUT2D eigenvalue weighted by Gasteiger charge is -2.17. The SMILES string of the molecule is C=C(C)C(=O)OCC(C)OC(=O)NC1=CC(C)(C)C=CC=C1. The second kappa shape index (κ2) is 7.64. The van der Waals surface area contributed by atoms with Crippen LogP contribution in [0.4, 0.5) is 4.79 Å². The van der Waals surface area contributed by atoms with Gasteiger partial charge in [0.2, 0.25) is 0 Å². The summed E-state index contributed by atoms with van der Waals surface area (Å²) in [7, 11) is 0. The Morgan fingerprint density at radius 1 is 1.36 bits per heavy atom. The Balaban J connectivity index is 2.47. The molecule has 0 bridgehead atoms. The Labute approximate surface area is 131 Å². The van der Waals surface area contributed by atoms with Gasteiger partial charge in [0, 0.05) is 16.7 Å². The molecule has 0 fully saturated rings. The van der Waals surface area contributed by atoms with Crippen LogP contribution in [-0.4, -0.2) is 24.8 Å². The third-order valence-electron chi connectivity index (χ3n) is 2.79. The second-order valence-corrected chi connectivity index (χ2v) is 5.86. The van der Waals surface area contributed by atoms with Gasteiger partial charge in [-0.2, -0.15) is 0 Å². The number of allylic oxidation sites excluding steroid dienone is 5. The number of hydrogen-bond acceptors (Lipinski definition) is 4. The first-order chi connectivity index (χ1) is 10.2. The molecule has 5 nitrogen and oxygen atoms in total. The van der Waals surface area contributed by atoms with E-state index in [0.717, 1.165) is 0 Å². The van der Waals surface area contributed by atoms with E-state index in [-0.39, 0.29) is 12.0 Å². The van der Waals surface area contributed by atoms with Crippen LogP contribution in [0.2, 0.25) is 0 Å². The summed E-state index contributed by atoms with van der Waals surface area (Å²) < 4.78 is 10.1. The molecule has 0 aromatic heterocycles. The predicted molar refractivity (Wildman–Crippen MR) is 85.0 cm³/mol. The van der Waals surface area contributed by atoms with Crippen LogP contribution in [0, 0.1) is 5.41 Å². The fourth-order valence-corrected chi connectivity index (χ4v) is 1.72. The molecular formula is C17H23NO4. The van der Waals surface area contributed by atoms with Gasteiger partial charge in [0.15, 0.2) is 0 Å². The van der Waals surface area contributed by atoms with E-state index in [2.05, 4.69) is 11.9 Å². The van der Waals surface area contributed by atoms with Gasteiger partial charge in [0.1, 0.15) is 12.7 Å². The van der Waals surface area contributed by atoms with E-state index in [9.17, 15) is 9.59 Å². The number of ether oxygens (including phenoxy) is 2. The van der Waals surface area contributed by atoms with Crippen LogP contribution >= 0.6 is 0 Å². The zero-order valence-electron chi connectivity index (χ0n) is 13.5. The highest BCUT2D eigenvalue weighted by Gasteiger charge is 2.16. The van der Waals surface area contributed by atoms with Gasteiger partial charge in [0.25, 0.3) is 0 Å². The van der Waals surface area contributed by atoms with Crippen LogP contribution in [-0.2, 0) is 14.3 Å². The molecule has 0 radical (unpaired) electrons. The van der Waals surface area contributed by atoms with E-state index in [0.29, 0.717) is 11.3 Å². The minimum absolute atomic E-state index is 0.0128. The highest BCUT2D eigenvalue weighted by molar-refractivity contribution is 5.86. The van der Waals surface area contributed by atoms with E-state index in [1.807, 2.05) is 38.2 Å². The van der Waals surface area contributed by atoms with Crippen LogP contribution in [0.15, 0.2) is 48.2 Å². The standard InChI is InChI=1S/C17H23NO4/c1-12(2)15(19)21-11-13(3)22-16(20)18-14-8-6-7-9-17(4,5)10-14/h6-10,13H,1,11H2,2-5H3,(H,18,20). The molecule has 0 saturated carbocycles. The van der Waals surface area contributed by atoms with Crippen molar-refractivity contribution in [2.24, 2.45) is 5.41 Å². The number of alkyl carbamates (subject to hydrolysis) is 1. The zero-order chi connectivity index (χ0) is 16.8. The van der Waals surface area contributed by atoms with Crippen molar-refractivity contribution in [1.29, 1.82) is 0 Å². The largest absolute Gasteiger partial charge is 0.458 e. The van der Waals surface area contributed by atoms with Gasteiger partial charge < -0.3 is 9.47 Å². The summed E-state index contributed by atoms with van der Waals surface area (Å²) in [5.74, 6) is -0.502. The fraction of sp³-hybridized carbons (Fsp3) is 0.412. The third kappa shape index (κ3) is 6.43. The lowest BCUT2D eigenvalue weighted by Crippen LogP contribution is -2.30. The summed E-state index contributed by atoms with van der Waals surface area (Å²) in [6.45, 7) is 10.7. The zero-order valence-corrected chi connectivity index (χ0v) is 13.5. The fourth-order valence-electron chi connectivity index (χ4n) is 1.72. The molecule has 5 heteroatoms. The third-order valence-corrected chi connectivity index (χ3v) is 2.79. The van der Waals surface area contributed by atoms with Crippen molar-refractivity contribution in [2.75, 3.05) is 6.61 Å². The average Bonchev–Trinajstić information content (AvgIpc) is 2.55. The first-order valence-corrected chi connectivity index (χ1v) is 7.08. The van der Waals surface area contributed by atoms with Crippen LogP contribution in [0.25, 0.3) is 0 Å². The van der Waals surface area contributed by atoms with Crippen LogP contribution < -0.4 is 5.32 Å². The maximum Gasteiger partial charge on any atom is 0.411 e. The van der Waals surface area contributed by atoms with Crippen molar-refractivity contribution < 1.29 is 19.1 Å². The number of esters is 1. The molecule has 120 valence electrons. The first-order valence-electron chi connectivity index (χ1n) is 7.08. The first kappa shape index (κ1) is 17.8. The Kier molecular flexibility index (Phi) is 6.16. The van der Waals surface area contributed by atoms with Crippen molar-refractivity contribution in [3.63, 3.8) is 0 Å². The van der Waals surface area contributed by atoms with Crippen LogP contribution in [0.5, 0.6) is 0 Å². The van der Waals surface area contributed by atoms with Gasteiger partial charge in [-0.05, 0) is 19.9 Å². The molecule has 0 spiro atoms. The van der Waals surface area contributed by atoms with Gasteiger partial charge in [0.05, 0.1) is 0 Å². The van der Waals surface area contributed by atoms with E-state index >= 15 is 0 Å². The molecule has 1 aliphatic carbocycles. The minimum Gasteiger partial charge on any atom is -0.458 e. The van der Waals surface area contributed by atoms with Gasteiger partial charge in [-0.25, -0.2) is 9.59 Å². The van der Waals surface area contributed by atoms with Gasteiger partial charge >= 0.3 is 12.1 Å². The predicted octanol–water partition coefficient (Wildman–Crippen LogP) is 3.26. The van der Waals surface area contributed by atoms with E-state index < -0.39 is 18.2 Å². The molecule has 0 aliphatic heterocycles. The lowest BCUT2D eigenvalue weighted by atomic mass is 9.92. The van der Waals surface area contributed by atoms with E-state index in [1.165, 1.54) is 0 Å². The normalized spacial score (nSPS) is 17.0. The minimum atomic E-state index is -0.590. The number of carbonyl (C=O) groups excluding carboxylic acids is 2. The average molecular weight is 305 g/mol. The summed E-state index contributed by atoms with van der Waals surface area (Å²) >= 11 is 0. The highest BCUT2D eigenvalue weighted by Crippen LogP contribution is 2.23. The van der Waals surface area contributed by atoms with E-state index in [1.54, 1.807) is 19.9 Å². The van der Waals surface area contributed by atoms with Crippen molar-refractivity contribution >= 4 is 12.1 Å². The Morgan fingerprint density at radius 3 is 2.68 bits per heavy atom. The van der Waals surface area contributed by atoms with Gasteiger partial charge in [-0.3, -0.25) is 5.32 Å². The molecule has 1 aliphatic rings. The van der Waals surface area contributed by atoms with Crippen molar-refractivity contribution in [2.45, 2.75) is 33.8 Å². The monoisotopic (exact) mass is 305 g/mol. The lowest BCUT2D eigenvalue weighted by molar-refractivity contribution is -0.141. The van der Waals surface area contributed by atoms with E-state index in [4.69, 9.17) is 9.47 Å². The maximum atomic E-state index is 11.8. The maximum absolute atomic E-state index is 11.8. The van der Waals surface area contributed by atoms with Crippen LogP contribution in [0.1, 0.15) is 27.7 Å². The quantitative estimate of drug-likeness (QED) is 0.625. The molecule has 1 atom stereocenters. The number of nitrogens with one attached hydrogen (secondary N) is 1. The molecule has 0 saturated heterocycles. The Morgan fingerprint density at radius 2 is 2.05 bits per heavy atom. The number of amides is 1. The van der Waals surface area contributed by atoms with Crippen molar-refractivity contribution in [1.82, 2.24) is 5.32 Å². The molecule has 22 heavy (non-hydrogen) atoms. The second-order valence-electron chi connectivity index (χ2n) is 5.86. The smallest absolute Gasteiger partial charge is 0.411 e. The van der Waals surface area contributed by atoms with Gasteiger partial charge in [-0.15, -0.1) is 0 Å². The summed E-state index contributed by atoms with van der Waals surface area (Å²) in [5.41, 5.74) is 0.806. The summed E-state index contributed by atoms with van der Waals surface area (Å²) in [6, 6.07) is 0. The molecule has 1 unspecified atom stereocenters. The molecular weight excluding hydrogens is 282 g/mol. The molecule has 0 heterocycles. The number of hydrogen-bond donors (Lipinski definition) is 1. The Hall–Kier alpha value is -2.30. The molecule has 1 rings (SSSR count). The van der Waals surface area contributed by atoms with Gasteiger partial charge in [-0.1, -0.05) is 44.7 Å². The number of rotatable bonds is 5. The Bertz CT molecular complexity index is 541. The van der Waals surface area contributed by atoms with Crippen molar-refractivity contribution in [3.8, 4) is 0 Å². The molecule has 0 aromatic rings. The van der Waals surface area contributed by atoms with Crippen molar-refractivity contribution in [3.05, 3.63) is 48.2 Å². The summed E-state index contributed by atoms with van der Waals surface area (Å²) in [5, 5.41) is 2.67. The summed E-state index contributed by atoms with van der Waals surface area (Å²) in [6.07, 6.45) is 8.38. The highest BCUT2D eigenvalue weighted by atomic mass is 16.6. The van der Waals surface area contributed by atoms with Crippen LogP contribution in [0.3, 0.4) is 0 Å². The molecule has 0 aromatic carbocycles.